The summed E-state index contributed by atoms with van der Waals surface area (Å²) >= 11 is 0. The van der Waals surface area contributed by atoms with Gasteiger partial charge in [-0.3, -0.25) is 0 Å². The molecule has 0 fully saturated rings. The molecule has 0 bridgehead atoms. The number of halogens is 1. The van der Waals surface area contributed by atoms with Crippen molar-refractivity contribution in [3.8, 4) is 11.5 Å². The van der Waals surface area contributed by atoms with Crippen molar-refractivity contribution in [2.24, 2.45) is 0 Å². The minimum absolute atomic E-state index is 0.340. The summed E-state index contributed by atoms with van der Waals surface area (Å²) in [5.74, 6) is 1.23. The first-order valence-electron chi connectivity index (χ1n) is 15.0. The second kappa shape index (κ2) is 15.7. The van der Waals surface area contributed by atoms with Crippen molar-refractivity contribution in [3.63, 3.8) is 0 Å². The molecule has 0 aliphatic carbocycles. The van der Waals surface area contributed by atoms with E-state index < -0.39 is 8.69 Å². The van der Waals surface area contributed by atoms with Crippen molar-refractivity contribution < 1.29 is 13.2 Å². The quantitative estimate of drug-likeness (QED) is 0.159. The molecule has 0 radical (unpaired) electrons. The van der Waals surface area contributed by atoms with E-state index in [2.05, 4.69) is 52.0 Å². The van der Waals surface area contributed by atoms with E-state index in [0.717, 1.165) is 24.0 Å². The molecule has 0 N–H and O–H groups in total. The predicted octanol–water partition coefficient (Wildman–Crippen LogP) is 11.6. The zero-order chi connectivity index (χ0) is 26.5. The Labute approximate surface area is 227 Å². The molecule has 37 heavy (non-hydrogen) atoms. The van der Waals surface area contributed by atoms with Gasteiger partial charge in [0.05, 0.1) is 0 Å². The van der Waals surface area contributed by atoms with Crippen molar-refractivity contribution in [3.05, 3.63) is 58.7 Å². The van der Waals surface area contributed by atoms with Gasteiger partial charge in [0.15, 0.2) is 0 Å². The number of hydrogen-bond acceptors (Lipinski definition) is 2. The van der Waals surface area contributed by atoms with Crippen LogP contribution in [0.25, 0.3) is 0 Å². The summed E-state index contributed by atoms with van der Waals surface area (Å²) in [5, 5.41) is 0. The largest absolute Gasteiger partial charge is 0.505 e. The van der Waals surface area contributed by atoms with Gasteiger partial charge < -0.3 is 9.05 Å². The third-order valence-electron chi connectivity index (χ3n) is 7.91. The fraction of sp³-hybridized carbons (Fsp3) is 0.636. The minimum Gasteiger partial charge on any atom is -0.414 e. The zero-order valence-electron chi connectivity index (χ0n) is 23.9. The molecule has 0 unspecified atom stereocenters. The maximum absolute atomic E-state index is 14.8. The van der Waals surface area contributed by atoms with Crippen LogP contribution in [0.5, 0.6) is 11.5 Å². The van der Waals surface area contributed by atoms with Gasteiger partial charge in [-0.05, 0) is 48.9 Å². The molecule has 0 spiro atoms. The van der Waals surface area contributed by atoms with Gasteiger partial charge in [0.25, 0.3) is 0 Å². The highest BCUT2D eigenvalue weighted by Crippen LogP contribution is 2.52. The van der Waals surface area contributed by atoms with Crippen LogP contribution in [0.4, 0.5) is 4.20 Å². The third kappa shape index (κ3) is 9.27. The Bertz CT molecular complexity index is 868. The summed E-state index contributed by atoms with van der Waals surface area (Å²) in [4.78, 5) is 0. The Balaban J connectivity index is 1.69. The van der Waals surface area contributed by atoms with E-state index in [1.54, 1.807) is 0 Å². The van der Waals surface area contributed by atoms with Crippen LogP contribution in [0.2, 0.25) is 0 Å². The van der Waals surface area contributed by atoms with Gasteiger partial charge in [-0.1, -0.05) is 129 Å². The second-order valence-electron chi connectivity index (χ2n) is 11.4. The van der Waals surface area contributed by atoms with E-state index in [0.29, 0.717) is 11.5 Å². The van der Waals surface area contributed by atoms with E-state index >= 15 is 0 Å². The van der Waals surface area contributed by atoms with Crippen LogP contribution in [0.1, 0.15) is 140 Å². The van der Waals surface area contributed by atoms with Crippen molar-refractivity contribution in [2.45, 2.75) is 136 Å². The summed E-state index contributed by atoms with van der Waals surface area (Å²) in [6.45, 7) is 8.97. The van der Waals surface area contributed by atoms with Crippen LogP contribution in [0.15, 0.2) is 36.4 Å². The molecule has 1 aliphatic rings. The number of benzene rings is 2. The Hall–Kier alpha value is -1.60. The van der Waals surface area contributed by atoms with Gasteiger partial charge in [-0.2, -0.15) is 0 Å². The average Bonchev–Trinajstić information content (AvgIpc) is 2.88. The van der Waals surface area contributed by atoms with Crippen LogP contribution in [-0.4, -0.2) is 0 Å². The van der Waals surface area contributed by atoms with Gasteiger partial charge in [0.2, 0.25) is 0 Å². The lowest BCUT2D eigenvalue weighted by molar-refractivity contribution is 0.410. The smallest absolute Gasteiger partial charge is 0.414 e. The highest BCUT2D eigenvalue weighted by atomic mass is 31.2. The molecule has 2 nitrogen and oxygen atoms in total. The predicted molar refractivity (Wildman–Crippen MR) is 158 cm³/mol. The van der Waals surface area contributed by atoms with Crippen LogP contribution >= 0.6 is 8.69 Å². The van der Waals surface area contributed by atoms with Crippen LogP contribution in [0, 0.1) is 0 Å². The Kier molecular flexibility index (Phi) is 12.7. The molecule has 3 rings (SSSR count). The normalized spacial score (nSPS) is 14.7. The molecule has 1 aliphatic heterocycles. The fourth-order valence-corrected chi connectivity index (χ4v) is 6.16. The van der Waals surface area contributed by atoms with Gasteiger partial charge in [0.1, 0.15) is 11.5 Å². The number of unbranched alkanes of at least 4 members (excludes halogenated alkanes) is 12. The van der Waals surface area contributed by atoms with Crippen molar-refractivity contribution in [1.29, 1.82) is 0 Å². The Morgan fingerprint density at radius 1 is 0.595 bits per heavy atom. The Morgan fingerprint density at radius 2 is 0.973 bits per heavy atom. The highest BCUT2D eigenvalue weighted by molar-refractivity contribution is 7.42. The summed E-state index contributed by atoms with van der Waals surface area (Å²) in [5.41, 5.74) is 4.42. The first-order chi connectivity index (χ1) is 18.0. The number of rotatable bonds is 16. The van der Waals surface area contributed by atoms with Gasteiger partial charge in [-0.25, -0.2) is 0 Å². The molecule has 206 valence electrons. The molecule has 0 atom stereocenters. The Morgan fingerprint density at radius 3 is 1.38 bits per heavy atom. The molecular formula is C33H50FO2P. The molecule has 1 heterocycles. The lowest BCUT2D eigenvalue weighted by Gasteiger charge is -2.33. The molecule has 4 heteroatoms. The summed E-state index contributed by atoms with van der Waals surface area (Å²) in [6.07, 6.45) is 20.4. The number of hydrogen-bond donors (Lipinski definition) is 0. The summed E-state index contributed by atoms with van der Waals surface area (Å²) < 4.78 is 26.2. The van der Waals surface area contributed by atoms with E-state index in [-0.39, 0.29) is 5.41 Å². The van der Waals surface area contributed by atoms with Crippen LogP contribution in [-0.2, 0) is 18.3 Å². The maximum atomic E-state index is 14.8. The SMILES string of the molecule is CCCCCCCCCc1ccc2c(c1)C(C)(C)c1cc(CCCCCCCCC)ccc1OP(F)O2. The van der Waals surface area contributed by atoms with E-state index in [4.69, 9.17) is 9.05 Å². The van der Waals surface area contributed by atoms with E-state index in [1.165, 1.54) is 101 Å². The molecule has 0 amide bonds. The molecule has 0 saturated heterocycles. The topological polar surface area (TPSA) is 18.5 Å². The van der Waals surface area contributed by atoms with E-state index in [1.807, 2.05) is 12.1 Å². The van der Waals surface area contributed by atoms with Crippen LogP contribution in [0.3, 0.4) is 0 Å². The van der Waals surface area contributed by atoms with Gasteiger partial charge >= 0.3 is 8.69 Å². The lowest BCUT2D eigenvalue weighted by Crippen LogP contribution is -2.23. The van der Waals surface area contributed by atoms with Gasteiger partial charge in [0, 0.05) is 16.5 Å². The van der Waals surface area contributed by atoms with E-state index in [9.17, 15) is 4.20 Å². The number of aryl methyl sites for hydroxylation is 2. The fourth-order valence-electron chi connectivity index (χ4n) is 5.49. The number of fused-ring (bicyclic) bond motifs is 2. The van der Waals surface area contributed by atoms with Crippen molar-refractivity contribution in [2.75, 3.05) is 0 Å². The van der Waals surface area contributed by atoms with Crippen LogP contribution < -0.4 is 9.05 Å². The van der Waals surface area contributed by atoms with Gasteiger partial charge in [-0.15, -0.1) is 4.20 Å². The zero-order valence-corrected chi connectivity index (χ0v) is 24.8. The molecule has 2 aromatic rings. The minimum atomic E-state index is -2.51. The summed E-state index contributed by atoms with van der Waals surface area (Å²) in [7, 11) is -2.51. The lowest BCUT2D eigenvalue weighted by atomic mass is 9.76. The first kappa shape index (κ1) is 29.9. The molecule has 0 aromatic heterocycles. The highest BCUT2D eigenvalue weighted by Gasteiger charge is 2.35. The molecular weight excluding hydrogens is 478 g/mol. The maximum Gasteiger partial charge on any atom is 0.505 e. The molecule has 0 saturated carbocycles. The third-order valence-corrected chi connectivity index (χ3v) is 8.59. The second-order valence-corrected chi connectivity index (χ2v) is 12.2. The van der Waals surface area contributed by atoms with Crippen molar-refractivity contribution in [1.82, 2.24) is 0 Å². The average molecular weight is 529 g/mol. The first-order valence-corrected chi connectivity index (χ1v) is 16.1. The standard InChI is InChI=1S/C33H50FO2P/c1-5-7-9-11-13-15-17-19-27-21-23-31-29(25-27)33(3,4)30-26-28(20-18-16-14-12-10-8-6-2)22-24-32(30)36-37(34)35-31/h21-26H,5-20H2,1-4H3. The molecule has 2 aromatic carbocycles. The van der Waals surface area contributed by atoms with Crippen molar-refractivity contribution >= 4 is 8.69 Å². The summed E-state index contributed by atoms with van der Waals surface area (Å²) in [6, 6.07) is 12.6. The monoisotopic (exact) mass is 528 g/mol.